The number of piperidine rings is 1. The third-order valence-electron chi connectivity index (χ3n) is 5.30. The number of benzene rings is 1. The van der Waals surface area contributed by atoms with Gasteiger partial charge in [0.05, 0.1) is 35.9 Å². The Hall–Kier alpha value is -2.25. The molecule has 138 valence electrons. The molecule has 26 heavy (non-hydrogen) atoms. The number of aliphatic hydroxyl groups excluding tert-OH is 1. The van der Waals surface area contributed by atoms with Crippen molar-refractivity contribution in [3.63, 3.8) is 0 Å². The summed E-state index contributed by atoms with van der Waals surface area (Å²) in [5.74, 6) is 1.14. The summed E-state index contributed by atoms with van der Waals surface area (Å²) in [6.07, 6.45) is 3.39. The van der Waals surface area contributed by atoms with Crippen molar-refractivity contribution in [2.24, 2.45) is 0 Å². The van der Waals surface area contributed by atoms with Crippen LogP contribution in [0.1, 0.15) is 50.4 Å². The van der Waals surface area contributed by atoms with Gasteiger partial charge in [0, 0.05) is 19.6 Å². The smallest absolute Gasteiger partial charge is 0.124 e. The summed E-state index contributed by atoms with van der Waals surface area (Å²) in [5.41, 5.74) is 2.93. The SMILES string of the molecule is CCn1c(CN2CCC(n3cc(C(C)O)nn3)CC2)nc2ccccc21. The van der Waals surface area contributed by atoms with Crippen molar-refractivity contribution in [3.8, 4) is 0 Å². The van der Waals surface area contributed by atoms with Crippen LogP contribution in [0.3, 0.4) is 0 Å². The number of likely N-dealkylation sites (tertiary alicyclic amines) is 1. The number of imidazole rings is 1. The van der Waals surface area contributed by atoms with Crippen LogP contribution >= 0.6 is 0 Å². The molecule has 0 spiro atoms. The minimum Gasteiger partial charge on any atom is -0.387 e. The lowest BCUT2D eigenvalue weighted by Crippen LogP contribution is -2.35. The Morgan fingerprint density at radius 1 is 1.23 bits per heavy atom. The molecule has 1 fully saturated rings. The molecule has 4 rings (SSSR count). The van der Waals surface area contributed by atoms with Crippen LogP contribution in [-0.2, 0) is 13.1 Å². The van der Waals surface area contributed by atoms with E-state index in [2.05, 4.69) is 44.9 Å². The van der Waals surface area contributed by atoms with Crippen molar-refractivity contribution in [2.75, 3.05) is 13.1 Å². The second-order valence-corrected chi connectivity index (χ2v) is 7.07. The molecule has 1 atom stereocenters. The van der Waals surface area contributed by atoms with Crippen molar-refractivity contribution in [1.29, 1.82) is 0 Å². The molecule has 1 saturated heterocycles. The topological polar surface area (TPSA) is 72.0 Å². The predicted molar refractivity (Wildman–Crippen MR) is 99.6 cm³/mol. The lowest BCUT2D eigenvalue weighted by atomic mass is 10.1. The highest BCUT2D eigenvalue weighted by Gasteiger charge is 2.23. The molecule has 1 unspecified atom stereocenters. The van der Waals surface area contributed by atoms with Gasteiger partial charge >= 0.3 is 0 Å². The first kappa shape index (κ1) is 17.2. The highest BCUT2D eigenvalue weighted by molar-refractivity contribution is 5.75. The first-order chi connectivity index (χ1) is 12.7. The summed E-state index contributed by atoms with van der Waals surface area (Å²) in [7, 11) is 0. The Morgan fingerprint density at radius 2 is 2.00 bits per heavy atom. The maximum atomic E-state index is 9.62. The molecule has 2 aromatic heterocycles. The molecule has 3 heterocycles. The fraction of sp³-hybridized carbons (Fsp3) is 0.526. The number of para-hydroxylation sites is 2. The van der Waals surface area contributed by atoms with E-state index >= 15 is 0 Å². The standard InChI is InChI=1S/C19H26N6O/c1-3-24-18-7-5-4-6-16(18)20-19(24)13-23-10-8-15(9-11-23)25-12-17(14(2)26)21-22-25/h4-7,12,14-15,26H,3,8-11,13H2,1-2H3. The predicted octanol–water partition coefficient (Wildman–Crippen LogP) is 2.54. The molecule has 1 N–H and O–H groups in total. The molecular formula is C19H26N6O. The van der Waals surface area contributed by atoms with Crippen LogP contribution < -0.4 is 0 Å². The van der Waals surface area contributed by atoms with Gasteiger partial charge in [-0.25, -0.2) is 9.67 Å². The van der Waals surface area contributed by atoms with Gasteiger partial charge in [0.25, 0.3) is 0 Å². The number of aromatic nitrogens is 5. The number of rotatable bonds is 5. The van der Waals surface area contributed by atoms with Crippen LogP contribution in [0.4, 0.5) is 0 Å². The number of aliphatic hydroxyl groups is 1. The number of hydrogen-bond acceptors (Lipinski definition) is 5. The van der Waals surface area contributed by atoms with E-state index in [1.54, 1.807) is 6.92 Å². The second kappa shape index (κ2) is 7.17. The fourth-order valence-electron chi connectivity index (χ4n) is 3.80. The normalized spacial score (nSPS) is 17.8. The molecular weight excluding hydrogens is 328 g/mol. The Kier molecular flexibility index (Phi) is 4.74. The summed E-state index contributed by atoms with van der Waals surface area (Å²) in [6, 6.07) is 8.71. The van der Waals surface area contributed by atoms with Crippen LogP contribution in [0.25, 0.3) is 11.0 Å². The fourth-order valence-corrected chi connectivity index (χ4v) is 3.80. The Labute approximate surface area is 153 Å². The van der Waals surface area contributed by atoms with Gasteiger partial charge in [0.2, 0.25) is 0 Å². The number of nitrogens with zero attached hydrogens (tertiary/aromatic N) is 6. The van der Waals surface area contributed by atoms with E-state index in [1.807, 2.05) is 16.9 Å². The molecule has 7 nitrogen and oxygen atoms in total. The molecule has 0 saturated carbocycles. The summed E-state index contributed by atoms with van der Waals surface area (Å²) in [5, 5.41) is 17.9. The van der Waals surface area contributed by atoms with Gasteiger partial charge in [-0.3, -0.25) is 4.90 Å². The quantitative estimate of drug-likeness (QED) is 0.762. The van der Waals surface area contributed by atoms with Gasteiger partial charge < -0.3 is 9.67 Å². The second-order valence-electron chi connectivity index (χ2n) is 7.07. The lowest BCUT2D eigenvalue weighted by Gasteiger charge is -2.31. The number of fused-ring (bicyclic) bond motifs is 1. The zero-order chi connectivity index (χ0) is 18.1. The molecule has 0 amide bonds. The first-order valence-corrected chi connectivity index (χ1v) is 9.42. The number of aryl methyl sites for hydroxylation is 1. The highest BCUT2D eigenvalue weighted by Crippen LogP contribution is 2.24. The van der Waals surface area contributed by atoms with Gasteiger partial charge in [0.15, 0.2) is 0 Å². The van der Waals surface area contributed by atoms with Crippen molar-refractivity contribution in [2.45, 2.75) is 51.9 Å². The van der Waals surface area contributed by atoms with Crippen molar-refractivity contribution < 1.29 is 5.11 Å². The largest absolute Gasteiger partial charge is 0.387 e. The van der Waals surface area contributed by atoms with E-state index in [9.17, 15) is 5.11 Å². The van der Waals surface area contributed by atoms with Crippen LogP contribution in [0.5, 0.6) is 0 Å². The Balaban J connectivity index is 1.42. The van der Waals surface area contributed by atoms with Crippen molar-refractivity contribution in [1.82, 2.24) is 29.4 Å². The molecule has 3 aromatic rings. The molecule has 1 aliphatic rings. The van der Waals surface area contributed by atoms with Crippen LogP contribution in [-0.4, -0.2) is 47.6 Å². The molecule has 7 heteroatoms. The minimum atomic E-state index is -0.564. The zero-order valence-corrected chi connectivity index (χ0v) is 15.4. The third-order valence-corrected chi connectivity index (χ3v) is 5.30. The lowest BCUT2D eigenvalue weighted by molar-refractivity contribution is 0.167. The molecule has 1 aromatic carbocycles. The zero-order valence-electron chi connectivity index (χ0n) is 15.4. The van der Waals surface area contributed by atoms with E-state index in [0.29, 0.717) is 11.7 Å². The molecule has 0 aliphatic carbocycles. The summed E-state index contributed by atoms with van der Waals surface area (Å²) < 4.78 is 4.23. The highest BCUT2D eigenvalue weighted by atomic mass is 16.3. The molecule has 1 aliphatic heterocycles. The average molecular weight is 354 g/mol. The summed E-state index contributed by atoms with van der Waals surface area (Å²) in [6.45, 7) is 7.74. The van der Waals surface area contributed by atoms with E-state index in [0.717, 1.165) is 50.4 Å². The van der Waals surface area contributed by atoms with E-state index in [4.69, 9.17) is 4.98 Å². The third kappa shape index (κ3) is 3.24. The Bertz CT molecular complexity index is 875. The monoisotopic (exact) mass is 354 g/mol. The van der Waals surface area contributed by atoms with Gasteiger partial charge in [-0.15, -0.1) is 5.10 Å². The van der Waals surface area contributed by atoms with E-state index in [1.165, 1.54) is 5.52 Å². The van der Waals surface area contributed by atoms with Gasteiger partial charge in [0.1, 0.15) is 11.5 Å². The molecule has 0 radical (unpaired) electrons. The summed E-state index contributed by atoms with van der Waals surface area (Å²) >= 11 is 0. The maximum absolute atomic E-state index is 9.62. The molecule has 0 bridgehead atoms. The summed E-state index contributed by atoms with van der Waals surface area (Å²) in [4.78, 5) is 7.31. The van der Waals surface area contributed by atoms with E-state index in [-0.39, 0.29) is 0 Å². The van der Waals surface area contributed by atoms with E-state index < -0.39 is 6.10 Å². The van der Waals surface area contributed by atoms with Gasteiger partial charge in [-0.2, -0.15) is 0 Å². The van der Waals surface area contributed by atoms with Crippen molar-refractivity contribution in [3.05, 3.63) is 42.0 Å². The average Bonchev–Trinajstić information content (AvgIpc) is 3.27. The van der Waals surface area contributed by atoms with Crippen LogP contribution in [0.15, 0.2) is 30.5 Å². The van der Waals surface area contributed by atoms with Crippen LogP contribution in [0, 0.1) is 0 Å². The Morgan fingerprint density at radius 3 is 2.69 bits per heavy atom. The van der Waals surface area contributed by atoms with Gasteiger partial charge in [-0.05, 0) is 38.8 Å². The maximum Gasteiger partial charge on any atom is 0.124 e. The van der Waals surface area contributed by atoms with Crippen LogP contribution in [0.2, 0.25) is 0 Å². The first-order valence-electron chi connectivity index (χ1n) is 9.42. The van der Waals surface area contributed by atoms with Gasteiger partial charge in [-0.1, -0.05) is 17.3 Å². The minimum absolute atomic E-state index is 0.358. The van der Waals surface area contributed by atoms with Crippen molar-refractivity contribution >= 4 is 11.0 Å². The number of hydrogen-bond donors (Lipinski definition) is 1.